The molecule has 3 unspecified atom stereocenters. The van der Waals surface area contributed by atoms with Crippen molar-refractivity contribution in [2.24, 2.45) is 5.92 Å². The van der Waals surface area contributed by atoms with E-state index in [2.05, 4.69) is 16.4 Å². The summed E-state index contributed by atoms with van der Waals surface area (Å²) < 4.78 is 12.1. The molecule has 3 atom stereocenters. The van der Waals surface area contributed by atoms with Crippen LogP contribution in [-0.4, -0.2) is 36.4 Å². The number of hydrogen-bond acceptors (Lipinski definition) is 5. The second kappa shape index (κ2) is 8.30. The fraction of sp³-hybridized carbons (Fsp3) is 0.417. The molecule has 7 nitrogen and oxygen atoms in total. The molecule has 0 amide bonds. The number of rotatable bonds is 5. The third kappa shape index (κ3) is 3.40. The third-order valence-electron chi connectivity index (χ3n) is 7.02. The number of fused-ring (bicyclic) bond motifs is 4. The molecule has 2 heterocycles. The van der Waals surface area contributed by atoms with Crippen LogP contribution in [0.4, 0.5) is 0 Å². The number of aromatic nitrogens is 2. The van der Waals surface area contributed by atoms with E-state index >= 15 is 0 Å². The van der Waals surface area contributed by atoms with E-state index in [0.717, 1.165) is 25.1 Å². The van der Waals surface area contributed by atoms with Gasteiger partial charge >= 0.3 is 5.69 Å². The van der Waals surface area contributed by atoms with Gasteiger partial charge in [-0.3, -0.25) is 9.36 Å². The summed E-state index contributed by atoms with van der Waals surface area (Å²) >= 11 is 6.21. The smallest absolute Gasteiger partial charge is 0.328 e. The molecule has 0 spiro atoms. The molecule has 2 aliphatic rings. The molecule has 168 valence electrons. The fourth-order valence-corrected chi connectivity index (χ4v) is 5.73. The minimum absolute atomic E-state index is 0.188. The standard InChI is InChI=1S/C24H26ClN3O4/c1-31-20-5-3-4-15-14(20)7-6-13-12-26-18(22(13)15)8-9-28-23(29)16-10-17(25)21(32-2)11-19(16)27-24(28)30/h3-5,10-11,13,18,22,26H,6-9,12H2,1-2H3,(H,27,30). The van der Waals surface area contributed by atoms with Crippen molar-refractivity contribution in [1.29, 1.82) is 0 Å². The largest absolute Gasteiger partial charge is 0.496 e. The fourth-order valence-electron chi connectivity index (χ4n) is 5.48. The van der Waals surface area contributed by atoms with Crippen LogP contribution in [0, 0.1) is 5.92 Å². The van der Waals surface area contributed by atoms with Crippen LogP contribution >= 0.6 is 11.6 Å². The molecule has 0 saturated carbocycles. The Hall–Kier alpha value is -2.77. The summed E-state index contributed by atoms with van der Waals surface area (Å²) in [6, 6.07) is 9.58. The van der Waals surface area contributed by atoms with Crippen LogP contribution in [0.25, 0.3) is 10.9 Å². The summed E-state index contributed by atoms with van der Waals surface area (Å²) in [5.74, 6) is 2.26. The number of nitrogens with one attached hydrogen (secondary N) is 2. The molecule has 32 heavy (non-hydrogen) atoms. The second-order valence-corrected chi connectivity index (χ2v) is 8.98. The van der Waals surface area contributed by atoms with Crippen molar-refractivity contribution in [3.63, 3.8) is 0 Å². The van der Waals surface area contributed by atoms with E-state index in [1.165, 1.54) is 22.8 Å². The van der Waals surface area contributed by atoms with E-state index in [1.54, 1.807) is 19.2 Å². The first-order valence-corrected chi connectivity index (χ1v) is 11.3. The molecule has 2 N–H and O–H groups in total. The second-order valence-electron chi connectivity index (χ2n) is 8.58. The highest BCUT2D eigenvalue weighted by molar-refractivity contribution is 6.32. The van der Waals surface area contributed by atoms with Crippen LogP contribution in [-0.2, 0) is 13.0 Å². The maximum Gasteiger partial charge on any atom is 0.328 e. The van der Waals surface area contributed by atoms with E-state index in [1.807, 2.05) is 12.1 Å². The molecule has 1 fully saturated rings. The summed E-state index contributed by atoms with van der Waals surface area (Å²) in [6.07, 6.45) is 2.80. The van der Waals surface area contributed by atoms with E-state index < -0.39 is 5.69 Å². The van der Waals surface area contributed by atoms with E-state index in [-0.39, 0.29) is 11.6 Å². The summed E-state index contributed by atoms with van der Waals surface area (Å²) in [5.41, 5.74) is 2.27. The van der Waals surface area contributed by atoms with Crippen LogP contribution < -0.4 is 26.0 Å². The van der Waals surface area contributed by atoms with Gasteiger partial charge in [0.15, 0.2) is 0 Å². The molecule has 1 aromatic heterocycles. The first-order chi connectivity index (χ1) is 15.5. The van der Waals surface area contributed by atoms with Gasteiger partial charge in [-0.15, -0.1) is 0 Å². The maximum absolute atomic E-state index is 13.1. The molecule has 2 aromatic carbocycles. The highest BCUT2D eigenvalue weighted by Crippen LogP contribution is 2.45. The zero-order valence-electron chi connectivity index (χ0n) is 18.1. The number of methoxy groups -OCH3 is 2. The van der Waals surface area contributed by atoms with Gasteiger partial charge in [0.2, 0.25) is 0 Å². The summed E-state index contributed by atoms with van der Waals surface area (Å²) in [4.78, 5) is 28.6. The Labute approximate surface area is 190 Å². The van der Waals surface area contributed by atoms with Crippen LogP contribution in [0.15, 0.2) is 39.9 Å². The third-order valence-corrected chi connectivity index (χ3v) is 7.31. The minimum Gasteiger partial charge on any atom is -0.496 e. The van der Waals surface area contributed by atoms with Crippen molar-refractivity contribution in [2.75, 3.05) is 20.8 Å². The zero-order valence-corrected chi connectivity index (χ0v) is 18.9. The van der Waals surface area contributed by atoms with Crippen molar-refractivity contribution in [2.45, 2.75) is 37.8 Å². The molecule has 0 bridgehead atoms. The summed E-state index contributed by atoms with van der Waals surface area (Å²) in [5, 5.41) is 4.35. The lowest BCUT2D eigenvalue weighted by molar-refractivity contribution is 0.371. The summed E-state index contributed by atoms with van der Waals surface area (Å²) in [7, 11) is 3.21. The monoisotopic (exact) mass is 455 g/mol. The predicted molar refractivity (Wildman–Crippen MR) is 124 cm³/mol. The van der Waals surface area contributed by atoms with Crippen LogP contribution in [0.5, 0.6) is 11.5 Å². The first-order valence-electron chi connectivity index (χ1n) is 10.9. The number of halogens is 1. The number of hydrogen-bond donors (Lipinski definition) is 2. The quantitative estimate of drug-likeness (QED) is 0.617. The average molecular weight is 456 g/mol. The normalized spacial score (nSPS) is 21.9. The molecular weight excluding hydrogens is 430 g/mol. The van der Waals surface area contributed by atoms with Crippen molar-refractivity contribution < 1.29 is 9.47 Å². The maximum atomic E-state index is 13.1. The molecular formula is C24H26ClN3O4. The van der Waals surface area contributed by atoms with Gasteiger partial charge in [-0.05, 0) is 55.0 Å². The topological polar surface area (TPSA) is 85.3 Å². The van der Waals surface area contributed by atoms with Gasteiger partial charge in [0.05, 0.1) is 30.1 Å². The van der Waals surface area contributed by atoms with E-state index in [0.29, 0.717) is 46.5 Å². The molecule has 3 aromatic rings. The molecule has 5 rings (SSSR count). The van der Waals surface area contributed by atoms with Gasteiger partial charge in [-0.25, -0.2) is 4.79 Å². The Kier molecular flexibility index (Phi) is 5.47. The van der Waals surface area contributed by atoms with Gasteiger partial charge in [0, 0.05) is 24.6 Å². The van der Waals surface area contributed by atoms with Gasteiger partial charge in [0.1, 0.15) is 11.5 Å². The Bertz CT molecular complexity index is 1300. The molecule has 1 aliphatic carbocycles. The SMILES string of the molecule is COc1cc2[nH]c(=O)n(CCC3NCC4CCc5c(OC)cccc5C43)c(=O)c2cc1Cl. The number of benzene rings is 2. The van der Waals surface area contributed by atoms with Crippen LogP contribution in [0.3, 0.4) is 0 Å². The molecule has 0 radical (unpaired) electrons. The van der Waals surface area contributed by atoms with Gasteiger partial charge in [-0.2, -0.15) is 0 Å². The number of aromatic amines is 1. The van der Waals surface area contributed by atoms with Gasteiger partial charge in [0.25, 0.3) is 5.56 Å². The lowest BCUT2D eigenvalue weighted by Gasteiger charge is -2.32. The van der Waals surface area contributed by atoms with Crippen molar-refractivity contribution in [3.8, 4) is 11.5 Å². The summed E-state index contributed by atoms with van der Waals surface area (Å²) in [6.45, 7) is 1.28. The van der Waals surface area contributed by atoms with Gasteiger partial charge < -0.3 is 19.8 Å². The highest BCUT2D eigenvalue weighted by atomic mass is 35.5. The number of nitrogens with zero attached hydrogens (tertiary/aromatic N) is 1. The molecule has 1 saturated heterocycles. The van der Waals surface area contributed by atoms with Crippen molar-refractivity contribution in [1.82, 2.24) is 14.9 Å². The Balaban J connectivity index is 1.45. The van der Waals surface area contributed by atoms with Crippen LogP contribution in [0.2, 0.25) is 5.02 Å². The van der Waals surface area contributed by atoms with Crippen molar-refractivity contribution in [3.05, 3.63) is 67.3 Å². The van der Waals surface area contributed by atoms with Crippen LogP contribution in [0.1, 0.15) is 29.9 Å². The highest BCUT2D eigenvalue weighted by Gasteiger charge is 2.40. The molecule has 8 heteroatoms. The van der Waals surface area contributed by atoms with Gasteiger partial charge in [-0.1, -0.05) is 23.7 Å². The minimum atomic E-state index is -0.424. The molecule has 1 aliphatic heterocycles. The predicted octanol–water partition coefficient (Wildman–Crippen LogP) is 3.07. The Morgan fingerprint density at radius 3 is 2.75 bits per heavy atom. The lowest BCUT2D eigenvalue weighted by Crippen LogP contribution is -2.38. The Morgan fingerprint density at radius 1 is 1.16 bits per heavy atom. The van der Waals surface area contributed by atoms with Crippen molar-refractivity contribution >= 4 is 22.5 Å². The Morgan fingerprint density at radius 2 is 1.97 bits per heavy atom. The zero-order chi connectivity index (χ0) is 22.4. The number of H-pyrrole nitrogens is 1. The lowest BCUT2D eigenvalue weighted by atomic mass is 9.73. The average Bonchev–Trinajstić information content (AvgIpc) is 3.22. The first kappa shape index (κ1) is 21.1. The van der Waals surface area contributed by atoms with E-state index in [9.17, 15) is 9.59 Å². The van der Waals surface area contributed by atoms with E-state index in [4.69, 9.17) is 21.1 Å². The number of ether oxygens (including phenoxy) is 2.